The Kier molecular flexibility index (Phi) is 7.36. The predicted octanol–water partition coefficient (Wildman–Crippen LogP) is 11.8. The largest absolute Gasteiger partial charge is 0.464 e. The Morgan fingerprint density at radius 3 is 1.70 bits per heavy atom. The van der Waals surface area contributed by atoms with Crippen molar-refractivity contribution in [2.45, 2.75) is 6.23 Å². The molecule has 7 aromatic carbocycles. The number of anilines is 4. The van der Waals surface area contributed by atoms with Gasteiger partial charge in [0.1, 0.15) is 11.3 Å². The van der Waals surface area contributed by atoms with E-state index in [-0.39, 0.29) is 6.23 Å². The minimum Gasteiger partial charge on any atom is -0.464 e. The summed E-state index contributed by atoms with van der Waals surface area (Å²) in [5.41, 5.74) is 11.8. The smallest absolute Gasteiger partial charge is 0.227 e. The van der Waals surface area contributed by atoms with Crippen molar-refractivity contribution in [3.63, 3.8) is 0 Å². The van der Waals surface area contributed by atoms with Crippen LogP contribution in [0.2, 0.25) is 0 Å². The van der Waals surface area contributed by atoms with Crippen LogP contribution in [-0.2, 0) is 0 Å². The molecule has 0 N–H and O–H groups in total. The molecule has 1 unspecified atom stereocenters. The molecule has 0 saturated carbocycles. The lowest BCUT2D eigenvalue weighted by Gasteiger charge is -2.27. The molecule has 0 fully saturated rings. The molecule has 5 nitrogen and oxygen atoms in total. The lowest BCUT2D eigenvalue weighted by Crippen LogP contribution is -2.22. The van der Waals surface area contributed by atoms with Crippen LogP contribution in [0.4, 0.5) is 22.7 Å². The second-order valence-corrected chi connectivity index (χ2v) is 12.5. The molecule has 0 bridgehead atoms. The van der Waals surface area contributed by atoms with Gasteiger partial charge in [0.15, 0.2) is 11.8 Å². The lowest BCUT2D eigenvalue weighted by atomic mass is 9.99. The quantitative estimate of drug-likeness (QED) is 0.172. The lowest BCUT2D eigenvalue weighted by molar-refractivity contribution is 0.235. The molecule has 50 heavy (non-hydrogen) atoms. The van der Waals surface area contributed by atoms with Gasteiger partial charge >= 0.3 is 0 Å². The third-order valence-corrected chi connectivity index (χ3v) is 9.29. The van der Waals surface area contributed by atoms with Gasteiger partial charge in [0.2, 0.25) is 5.89 Å². The third-order valence-electron chi connectivity index (χ3n) is 9.29. The molecule has 1 aliphatic rings. The molecule has 1 atom stereocenters. The van der Waals surface area contributed by atoms with Gasteiger partial charge in [0.25, 0.3) is 0 Å². The van der Waals surface area contributed by atoms with E-state index in [4.69, 9.17) is 14.1 Å². The van der Waals surface area contributed by atoms with E-state index in [9.17, 15) is 0 Å². The number of hydrogen-bond acceptors (Lipinski definition) is 5. The fraction of sp³-hybridized carbons (Fsp3) is 0.0444. The number of para-hydroxylation sites is 1. The molecular formula is C45H33N3O2. The zero-order chi connectivity index (χ0) is 33.4. The molecule has 1 aromatic heterocycles. The summed E-state index contributed by atoms with van der Waals surface area (Å²) < 4.78 is 13.4. The van der Waals surface area contributed by atoms with Crippen LogP contribution < -0.4 is 14.5 Å². The zero-order valence-electron chi connectivity index (χ0n) is 27.5. The molecule has 0 spiro atoms. The summed E-state index contributed by atoms with van der Waals surface area (Å²) in [6.07, 6.45) is -0.249. The molecule has 0 amide bonds. The summed E-state index contributed by atoms with van der Waals surface area (Å²) in [5.74, 6) is 1.42. The van der Waals surface area contributed by atoms with Crippen LogP contribution >= 0.6 is 0 Å². The first-order valence-corrected chi connectivity index (χ1v) is 16.8. The van der Waals surface area contributed by atoms with Crippen molar-refractivity contribution in [1.29, 1.82) is 0 Å². The normalized spacial score (nSPS) is 13.6. The van der Waals surface area contributed by atoms with Gasteiger partial charge in [-0.3, -0.25) is 0 Å². The van der Waals surface area contributed by atoms with E-state index >= 15 is 0 Å². The number of benzene rings is 7. The van der Waals surface area contributed by atoms with E-state index in [0.717, 1.165) is 67.4 Å². The molecule has 2 heterocycles. The maximum Gasteiger partial charge on any atom is 0.227 e. The fourth-order valence-corrected chi connectivity index (χ4v) is 6.95. The van der Waals surface area contributed by atoms with Gasteiger partial charge in [0.05, 0.1) is 17.1 Å². The molecule has 0 radical (unpaired) electrons. The first-order chi connectivity index (χ1) is 24.7. The average molecular weight is 648 g/mol. The molecule has 9 rings (SSSR count). The molecule has 0 aliphatic carbocycles. The summed E-state index contributed by atoms with van der Waals surface area (Å²) >= 11 is 0. The number of rotatable bonds is 7. The Labute approximate surface area is 291 Å². The molecular weight excluding hydrogens is 615 g/mol. The SMILES string of the molecule is CN1c2c(cc(N(c3ccccc3)c3cc(-c4ccccc4)c4nc(-c5ccccc5)oc4c3)cc2-c2ccccc2)OC1c1ccccc1. The van der Waals surface area contributed by atoms with Crippen molar-refractivity contribution in [3.05, 3.63) is 181 Å². The summed E-state index contributed by atoms with van der Waals surface area (Å²) in [6, 6.07) is 60.6. The van der Waals surface area contributed by atoms with Gasteiger partial charge < -0.3 is 19.0 Å². The van der Waals surface area contributed by atoms with E-state index in [0.29, 0.717) is 11.5 Å². The van der Waals surface area contributed by atoms with E-state index in [1.54, 1.807) is 0 Å². The topological polar surface area (TPSA) is 41.7 Å². The summed E-state index contributed by atoms with van der Waals surface area (Å²) in [7, 11) is 2.11. The van der Waals surface area contributed by atoms with Crippen molar-refractivity contribution >= 4 is 33.8 Å². The summed E-state index contributed by atoms with van der Waals surface area (Å²) in [6.45, 7) is 0. The van der Waals surface area contributed by atoms with Crippen molar-refractivity contribution in [2.75, 3.05) is 16.8 Å². The van der Waals surface area contributed by atoms with Gasteiger partial charge in [-0.2, -0.15) is 0 Å². The maximum atomic E-state index is 6.82. The minimum absolute atomic E-state index is 0.249. The maximum absolute atomic E-state index is 6.82. The number of fused-ring (bicyclic) bond motifs is 2. The third kappa shape index (κ3) is 5.26. The van der Waals surface area contributed by atoms with Gasteiger partial charge in [-0.15, -0.1) is 0 Å². The molecule has 5 heteroatoms. The summed E-state index contributed by atoms with van der Waals surface area (Å²) in [4.78, 5) is 9.56. The first-order valence-electron chi connectivity index (χ1n) is 16.8. The van der Waals surface area contributed by atoms with Crippen molar-refractivity contribution < 1.29 is 9.15 Å². The Morgan fingerprint density at radius 1 is 0.540 bits per heavy atom. The van der Waals surface area contributed by atoms with Crippen LogP contribution in [0.15, 0.2) is 180 Å². The van der Waals surface area contributed by atoms with Crippen LogP contribution in [0.3, 0.4) is 0 Å². The Morgan fingerprint density at radius 2 is 1.06 bits per heavy atom. The molecule has 0 saturated heterocycles. The predicted molar refractivity (Wildman–Crippen MR) is 203 cm³/mol. The van der Waals surface area contributed by atoms with Crippen LogP contribution in [-0.4, -0.2) is 12.0 Å². The van der Waals surface area contributed by atoms with Gasteiger partial charge in [-0.1, -0.05) is 127 Å². The zero-order valence-corrected chi connectivity index (χ0v) is 27.5. The minimum atomic E-state index is -0.249. The standard InChI is InChI=1S/C45H33N3O2/c1-47-43-39(32-19-9-3-10-20-32)28-37(30-41(43)50-45(47)34-23-13-5-14-24-34)48(35-25-15-6-16-26-35)36-27-38(31-17-7-2-8-18-31)42-40(29-36)49-44(46-42)33-21-11-4-12-22-33/h2-30,45H,1H3. The highest BCUT2D eigenvalue weighted by atomic mass is 16.5. The van der Waals surface area contributed by atoms with Gasteiger partial charge in [-0.05, 0) is 47.5 Å². The highest BCUT2D eigenvalue weighted by molar-refractivity contribution is 5.98. The fourth-order valence-electron chi connectivity index (χ4n) is 6.95. The number of oxazole rings is 1. The molecule has 1 aliphatic heterocycles. The summed E-state index contributed by atoms with van der Waals surface area (Å²) in [5, 5.41) is 0. The average Bonchev–Trinajstić information content (AvgIpc) is 3.77. The van der Waals surface area contributed by atoms with Crippen LogP contribution in [0.25, 0.3) is 44.8 Å². The van der Waals surface area contributed by atoms with Gasteiger partial charge in [0, 0.05) is 47.1 Å². The van der Waals surface area contributed by atoms with Crippen LogP contribution in [0, 0.1) is 0 Å². The Bertz CT molecular complexity index is 2410. The number of nitrogens with zero attached hydrogens (tertiary/aromatic N) is 3. The monoisotopic (exact) mass is 647 g/mol. The Balaban J connectivity index is 1.28. The van der Waals surface area contributed by atoms with Crippen molar-refractivity contribution in [2.24, 2.45) is 0 Å². The molecule has 240 valence electrons. The van der Waals surface area contributed by atoms with Crippen molar-refractivity contribution in [1.82, 2.24) is 4.98 Å². The number of aromatic nitrogens is 1. The second kappa shape index (κ2) is 12.5. The van der Waals surface area contributed by atoms with E-state index in [1.807, 2.05) is 48.5 Å². The number of ether oxygens (including phenoxy) is 1. The van der Waals surface area contributed by atoms with Gasteiger partial charge in [-0.25, -0.2) is 4.98 Å². The van der Waals surface area contributed by atoms with E-state index in [2.05, 4.69) is 144 Å². The van der Waals surface area contributed by atoms with Crippen molar-refractivity contribution in [3.8, 4) is 39.5 Å². The van der Waals surface area contributed by atoms with E-state index in [1.165, 1.54) is 0 Å². The highest BCUT2D eigenvalue weighted by Gasteiger charge is 2.33. The van der Waals surface area contributed by atoms with Crippen LogP contribution in [0.5, 0.6) is 5.75 Å². The number of hydrogen-bond donors (Lipinski definition) is 0. The highest BCUT2D eigenvalue weighted by Crippen LogP contribution is 2.52. The van der Waals surface area contributed by atoms with E-state index < -0.39 is 0 Å². The van der Waals surface area contributed by atoms with Crippen LogP contribution in [0.1, 0.15) is 11.8 Å². The Hall–Kier alpha value is -6.59. The second-order valence-electron chi connectivity index (χ2n) is 12.5. The first kappa shape index (κ1) is 29.5. The molecule has 8 aromatic rings.